The van der Waals surface area contributed by atoms with E-state index in [4.69, 9.17) is 11.6 Å². The van der Waals surface area contributed by atoms with Crippen LogP contribution in [0.1, 0.15) is 72.0 Å². The molecule has 0 saturated heterocycles. The van der Waals surface area contributed by atoms with Crippen molar-refractivity contribution in [2.75, 3.05) is 5.32 Å². The van der Waals surface area contributed by atoms with E-state index in [0.29, 0.717) is 0 Å². The smallest absolute Gasteiger partial charge is 0.0983 e. The topological polar surface area (TPSA) is 24.1 Å². The largest absolute Gasteiger partial charge is 0.368 e. The lowest BCUT2D eigenvalue weighted by Crippen LogP contribution is -2.19. The zero-order valence-electron chi connectivity index (χ0n) is 18.3. The first-order chi connectivity index (χ1) is 14.0. The molecule has 5 heteroatoms. The fourth-order valence-corrected chi connectivity index (χ4v) is 6.69. The number of nitrogens with one attached hydrogen (secondary N) is 2. The minimum absolute atomic E-state index is 0.733. The van der Waals surface area contributed by atoms with Crippen LogP contribution < -0.4 is 10.6 Å². The van der Waals surface area contributed by atoms with Crippen molar-refractivity contribution < 1.29 is 0 Å². The van der Waals surface area contributed by atoms with Crippen molar-refractivity contribution in [2.24, 2.45) is 0 Å². The van der Waals surface area contributed by atoms with E-state index in [1.807, 2.05) is 18.3 Å². The van der Waals surface area contributed by atoms with E-state index in [-0.39, 0.29) is 0 Å². The summed E-state index contributed by atoms with van der Waals surface area (Å²) in [6.07, 6.45) is 10.2. The van der Waals surface area contributed by atoms with Crippen LogP contribution in [0.25, 0.3) is 0 Å². The van der Waals surface area contributed by atoms with Crippen molar-refractivity contribution in [3.05, 3.63) is 61.4 Å². The number of thiophene rings is 2. The maximum absolute atomic E-state index is 6.48. The molecule has 0 aliphatic heterocycles. The zero-order valence-corrected chi connectivity index (χ0v) is 20.7. The Kier molecular flexibility index (Phi) is 9.81. The number of aryl methyl sites for hydroxylation is 2. The quantitative estimate of drug-likeness (QED) is 0.397. The Labute approximate surface area is 190 Å². The number of allylic oxidation sites excluding steroid dienone is 1. The third kappa shape index (κ3) is 6.13. The molecule has 0 spiro atoms. The number of fused-ring (bicyclic) bond motifs is 1. The molecule has 0 bridgehead atoms. The molecule has 2 N–H and O–H groups in total. The molecular weight excluding hydrogens is 416 g/mol. The van der Waals surface area contributed by atoms with Crippen LogP contribution in [0, 0.1) is 6.92 Å². The van der Waals surface area contributed by atoms with Crippen LogP contribution >= 0.6 is 34.3 Å². The normalized spacial score (nSPS) is 12.6. The van der Waals surface area contributed by atoms with Crippen LogP contribution in [0.3, 0.4) is 0 Å². The van der Waals surface area contributed by atoms with Gasteiger partial charge >= 0.3 is 0 Å². The molecule has 2 heterocycles. The second-order valence-electron chi connectivity index (χ2n) is 7.38. The molecule has 29 heavy (non-hydrogen) atoms. The fourth-order valence-electron chi connectivity index (χ4n) is 3.82. The highest BCUT2D eigenvalue weighted by Crippen LogP contribution is 2.39. The monoisotopic (exact) mass is 450 g/mol. The summed E-state index contributed by atoms with van der Waals surface area (Å²) in [7, 11) is 0. The third-order valence-corrected chi connectivity index (χ3v) is 7.83. The number of halogens is 1. The first-order valence-electron chi connectivity index (χ1n) is 10.6. The van der Waals surface area contributed by atoms with Gasteiger partial charge in [-0.1, -0.05) is 44.5 Å². The molecule has 0 atom stereocenters. The Hall–Kier alpha value is -1.23. The molecule has 160 valence electrons. The van der Waals surface area contributed by atoms with Gasteiger partial charge in [-0.2, -0.15) is 0 Å². The van der Waals surface area contributed by atoms with Gasteiger partial charge in [0.1, 0.15) is 0 Å². The molecule has 0 radical (unpaired) electrons. The highest BCUT2D eigenvalue weighted by molar-refractivity contribution is 7.16. The van der Waals surface area contributed by atoms with Crippen molar-refractivity contribution in [2.45, 2.75) is 79.2 Å². The standard InChI is InChI=1S/C21H29ClN2S2.C3H6/c1-5-9-16-13(3)25-20(22)18(16)12-23-14(4)24-21-15(6-2)17-10-7-8-11-19(17)26-21;1-3-2/h23-24H,4-12H2,1-3H3;3H,1H2,2H3. The minimum Gasteiger partial charge on any atom is -0.368 e. The molecule has 1 aliphatic rings. The minimum atomic E-state index is 0.733. The third-order valence-electron chi connectivity index (χ3n) is 5.15. The lowest BCUT2D eigenvalue weighted by atomic mass is 9.94. The lowest BCUT2D eigenvalue weighted by Gasteiger charge is -2.14. The molecule has 2 aromatic rings. The maximum Gasteiger partial charge on any atom is 0.0983 e. The molecule has 0 fully saturated rings. The molecule has 3 rings (SSSR count). The van der Waals surface area contributed by atoms with Crippen LogP contribution in [0.2, 0.25) is 4.34 Å². The average Bonchev–Trinajstić information content (AvgIpc) is 3.17. The van der Waals surface area contributed by atoms with Gasteiger partial charge in [0, 0.05) is 21.9 Å². The van der Waals surface area contributed by atoms with E-state index in [2.05, 4.69) is 44.6 Å². The molecule has 0 saturated carbocycles. The molecular formula is C24H35ClN2S2. The van der Waals surface area contributed by atoms with Gasteiger partial charge in [-0.25, -0.2) is 0 Å². The molecule has 0 aromatic carbocycles. The summed E-state index contributed by atoms with van der Waals surface area (Å²) in [6, 6.07) is 0. The van der Waals surface area contributed by atoms with Crippen molar-refractivity contribution in [1.29, 1.82) is 0 Å². The Morgan fingerprint density at radius 2 is 1.83 bits per heavy atom. The second kappa shape index (κ2) is 11.8. The van der Waals surface area contributed by atoms with Gasteiger partial charge in [-0.3, -0.25) is 0 Å². The summed E-state index contributed by atoms with van der Waals surface area (Å²) in [4.78, 5) is 2.91. The maximum atomic E-state index is 6.48. The van der Waals surface area contributed by atoms with Gasteiger partial charge in [0.2, 0.25) is 0 Å². The summed E-state index contributed by atoms with van der Waals surface area (Å²) in [5, 5.41) is 8.27. The lowest BCUT2D eigenvalue weighted by molar-refractivity contribution is 0.691. The number of anilines is 1. The summed E-state index contributed by atoms with van der Waals surface area (Å²) in [6.45, 7) is 16.8. The number of rotatable bonds is 8. The Morgan fingerprint density at radius 3 is 2.48 bits per heavy atom. The van der Waals surface area contributed by atoms with Gasteiger partial charge in [0.15, 0.2) is 0 Å². The van der Waals surface area contributed by atoms with Crippen molar-refractivity contribution >= 4 is 39.3 Å². The summed E-state index contributed by atoms with van der Waals surface area (Å²) in [5.74, 6) is 0.862. The van der Waals surface area contributed by atoms with E-state index >= 15 is 0 Å². The Morgan fingerprint density at radius 1 is 1.14 bits per heavy atom. The van der Waals surface area contributed by atoms with E-state index in [1.54, 1.807) is 27.9 Å². The summed E-state index contributed by atoms with van der Waals surface area (Å²) < 4.78 is 0.909. The Bertz CT molecular complexity index is 833. The van der Waals surface area contributed by atoms with Gasteiger partial charge in [-0.15, -0.1) is 29.3 Å². The highest BCUT2D eigenvalue weighted by atomic mass is 35.5. The first kappa shape index (κ1) is 24.0. The van der Waals surface area contributed by atoms with Crippen molar-refractivity contribution in [1.82, 2.24) is 5.32 Å². The molecule has 1 aliphatic carbocycles. The van der Waals surface area contributed by atoms with Crippen LogP contribution in [0.5, 0.6) is 0 Å². The summed E-state index contributed by atoms with van der Waals surface area (Å²) in [5.41, 5.74) is 5.73. The SMILES string of the molecule is C=C(NCc1c(Cl)sc(C)c1CCC)Nc1sc2c(c1CC)CCCC2.C=CC. The van der Waals surface area contributed by atoms with E-state index in [9.17, 15) is 0 Å². The van der Waals surface area contributed by atoms with E-state index < -0.39 is 0 Å². The first-order valence-corrected chi connectivity index (χ1v) is 12.6. The zero-order chi connectivity index (χ0) is 21.4. The number of hydrogen-bond donors (Lipinski definition) is 2. The van der Waals surface area contributed by atoms with Gasteiger partial charge < -0.3 is 10.6 Å². The molecule has 0 unspecified atom stereocenters. The molecule has 2 aromatic heterocycles. The van der Waals surface area contributed by atoms with Crippen LogP contribution in [0.15, 0.2) is 25.1 Å². The molecule has 2 nitrogen and oxygen atoms in total. The highest BCUT2D eigenvalue weighted by Gasteiger charge is 2.20. The summed E-state index contributed by atoms with van der Waals surface area (Å²) >= 11 is 10.1. The Balaban J connectivity index is 0.000000941. The van der Waals surface area contributed by atoms with Gasteiger partial charge in [0.25, 0.3) is 0 Å². The van der Waals surface area contributed by atoms with Gasteiger partial charge in [0.05, 0.1) is 15.2 Å². The predicted octanol–water partition coefficient (Wildman–Crippen LogP) is 8.03. The van der Waals surface area contributed by atoms with E-state index in [1.165, 1.54) is 52.3 Å². The van der Waals surface area contributed by atoms with E-state index in [0.717, 1.165) is 36.0 Å². The fraction of sp³-hybridized carbons (Fsp3) is 0.500. The van der Waals surface area contributed by atoms with Crippen LogP contribution in [-0.2, 0) is 32.2 Å². The predicted molar refractivity (Wildman–Crippen MR) is 134 cm³/mol. The second-order valence-corrected chi connectivity index (χ2v) is 10.3. The molecule has 0 amide bonds. The van der Waals surface area contributed by atoms with Crippen LogP contribution in [0.4, 0.5) is 5.00 Å². The van der Waals surface area contributed by atoms with Crippen molar-refractivity contribution in [3.63, 3.8) is 0 Å². The van der Waals surface area contributed by atoms with Crippen LogP contribution in [-0.4, -0.2) is 0 Å². The van der Waals surface area contributed by atoms with Gasteiger partial charge in [-0.05, 0) is 69.1 Å². The number of hydrogen-bond acceptors (Lipinski definition) is 4. The average molecular weight is 451 g/mol. The van der Waals surface area contributed by atoms with Crippen molar-refractivity contribution in [3.8, 4) is 0 Å².